The Hall–Kier alpha value is -1.44. The zero-order valence-corrected chi connectivity index (χ0v) is 9.54. The molecule has 0 saturated heterocycles. The average molecular weight is 206 g/mol. The summed E-state index contributed by atoms with van der Waals surface area (Å²) in [4.78, 5) is 0. The van der Waals surface area contributed by atoms with E-state index in [1.165, 1.54) is 0 Å². The van der Waals surface area contributed by atoms with E-state index in [0.717, 1.165) is 5.56 Å². The molecule has 0 radical (unpaired) electrons. The van der Waals surface area contributed by atoms with Gasteiger partial charge in [0.1, 0.15) is 11.5 Å². The minimum Gasteiger partial charge on any atom is -0.508 e. The van der Waals surface area contributed by atoms with E-state index in [0.29, 0.717) is 12.0 Å². The number of phenols is 2. The highest BCUT2D eigenvalue weighted by molar-refractivity contribution is 5.51. The molecule has 0 heterocycles. The van der Waals surface area contributed by atoms with Crippen LogP contribution in [0.2, 0.25) is 0 Å². The predicted octanol–water partition coefficient (Wildman–Crippen LogP) is 3.12. The van der Waals surface area contributed by atoms with Crippen LogP contribution in [0.1, 0.15) is 31.9 Å². The molecule has 1 rings (SSSR count). The van der Waals surface area contributed by atoms with Crippen LogP contribution in [0.5, 0.6) is 11.5 Å². The molecule has 2 heteroatoms. The SMILES string of the molecule is C=CCc1c(O)ccc(C(C)(C)C)c1O. The Morgan fingerprint density at radius 3 is 2.33 bits per heavy atom. The molecule has 0 unspecified atom stereocenters. The average Bonchev–Trinajstić information content (AvgIpc) is 2.09. The number of rotatable bonds is 2. The third-order valence-electron chi connectivity index (χ3n) is 2.41. The van der Waals surface area contributed by atoms with E-state index in [2.05, 4.69) is 6.58 Å². The zero-order valence-electron chi connectivity index (χ0n) is 9.54. The first kappa shape index (κ1) is 11.6. The Kier molecular flexibility index (Phi) is 3.08. The van der Waals surface area contributed by atoms with E-state index in [1.807, 2.05) is 20.8 Å². The molecule has 1 aromatic carbocycles. The van der Waals surface area contributed by atoms with Crippen molar-refractivity contribution >= 4 is 0 Å². The number of hydrogen-bond acceptors (Lipinski definition) is 2. The fourth-order valence-electron chi connectivity index (χ4n) is 1.58. The summed E-state index contributed by atoms with van der Waals surface area (Å²) in [5, 5.41) is 19.6. The van der Waals surface area contributed by atoms with Crippen LogP contribution < -0.4 is 0 Å². The normalized spacial score (nSPS) is 11.4. The molecule has 0 bridgehead atoms. The molecule has 2 nitrogen and oxygen atoms in total. The van der Waals surface area contributed by atoms with E-state index in [4.69, 9.17) is 0 Å². The molecular weight excluding hydrogens is 188 g/mol. The number of benzene rings is 1. The molecule has 0 aliphatic rings. The van der Waals surface area contributed by atoms with Crippen molar-refractivity contribution in [2.45, 2.75) is 32.6 Å². The Labute approximate surface area is 90.9 Å². The summed E-state index contributed by atoms with van der Waals surface area (Å²) in [5.41, 5.74) is 1.27. The molecule has 0 fully saturated rings. The van der Waals surface area contributed by atoms with Crippen LogP contribution in [-0.2, 0) is 11.8 Å². The molecule has 82 valence electrons. The van der Waals surface area contributed by atoms with Crippen LogP contribution in [0.4, 0.5) is 0 Å². The summed E-state index contributed by atoms with van der Waals surface area (Å²) >= 11 is 0. The fraction of sp³-hybridized carbons (Fsp3) is 0.385. The number of hydrogen-bond donors (Lipinski definition) is 2. The van der Waals surface area contributed by atoms with Crippen molar-refractivity contribution in [3.63, 3.8) is 0 Å². The monoisotopic (exact) mass is 206 g/mol. The Morgan fingerprint density at radius 1 is 1.27 bits per heavy atom. The lowest BCUT2D eigenvalue weighted by molar-refractivity contribution is 0.423. The maximum absolute atomic E-state index is 10.0. The summed E-state index contributed by atoms with van der Waals surface area (Å²) in [6.45, 7) is 9.68. The van der Waals surface area contributed by atoms with Gasteiger partial charge < -0.3 is 10.2 Å². The first-order valence-corrected chi connectivity index (χ1v) is 5.03. The van der Waals surface area contributed by atoms with Crippen molar-refractivity contribution in [3.05, 3.63) is 35.9 Å². The van der Waals surface area contributed by atoms with Crippen molar-refractivity contribution in [1.82, 2.24) is 0 Å². The van der Waals surface area contributed by atoms with E-state index < -0.39 is 0 Å². The molecule has 0 saturated carbocycles. The van der Waals surface area contributed by atoms with Crippen LogP contribution in [-0.4, -0.2) is 10.2 Å². The third-order valence-corrected chi connectivity index (χ3v) is 2.41. The maximum atomic E-state index is 10.0. The van der Waals surface area contributed by atoms with Gasteiger partial charge in [-0.05, 0) is 23.5 Å². The van der Waals surface area contributed by atoms with Gasteiger partial charge in [-0.3, -0.25) is 0 Å². The largest absolute Gasteiger partial charge is 0.508 e. The molecule has 0 aliphatic carbocycles. The van der Waals surface area contributed by atoms with Crippen LogP contribution in [0.3, 0.4) is 0 Å². The minimum atomic E-state index is -0.131. The van der Waals surface area contributed by atoms with Gasteiger partial charge in [0.05, 0.1) is 0 Å². The van der Waals surface area contributed by atoms with Crippen LogP contribution in [0.15, 0.2) is 24.8 Å². The van der Waals surface area contributed by atoms with Crippen molar-refractivity contribution in [1.29, 1.82) is 0 Å². The lowest BCUT2D eigenvalue weighted by Gasteiger charge is -2.22. The lowest BCUT2D eigenvalue weighted by atomic mass is 9.84. The first-order chi connectivity index (χ1) is 6.88. The summed E-state index contributed by atoms with van der Waals surface area (Å²) in [6, 6.07) is 3.39. The zero-order chi connectivity index (χ0) is 11.6. The smallest absolute Gasteiger partial charge is 0.126 e. The third kappa shape index (κ3) is 2.32. The molecule has 0 spiro atoms. The molecule has 2 N–H and O–H groups in total. The lowest BCUT2D eigenvalue weighted by Crippen LogP contribution is -2.11. The summed E-state index contributed by atoms with van der Waals surface area (Å²) in [7, 11) is 0. The second-order valence-electron chi connectivity index (χ2n) is 4.70. The second-order valence-corrected chi connectivity index (χ2v) is 4.70. The Balaban J connectivity index is 3.34. The van der Waals surface area contributed by atoms with Gasteiger partial charge >= 0.3 is 0 Å². The predicted molar refractivity (Wildman–Crippen MR) is 62.4 cm³/mol. The Morgan fingerprint density at radius 2 is 1.87 bits per heavy atom. The van der Waals surface area contributed by atoms with Gasteiger partial charge in [0.2, 0.25) is 0 Å². The van der Waals surface area contributed by atoms with Crippen molar-refractivity contribution in [2.24, 2.45) is 0 Å². The van der Waals surface area contributed by atoms with Crippen LogP contribution >= 0.6 is 0 Å². The molecule has 0 aliphatic heterocycles. The van der Waals surface area contributed by atoms with Gasteiger partial charge in [0, 0.05) is 5.56 Å². The van der Waals surface area contributed by atoms with Gasteiger partial charge in [-0.15, -0.1) is 6.58 Å². The van der Waals surface area contributed by atoms with E-state index in [9.17, 15) is 10.2 Å². The van der Waals surface area contributed by atoms with E-state index in [1.54, 1.807) is 18.2 Å². The summed E-state index contributed by atoms with van der Waals surface area (Å²) in [5.74, 6) is 0.308. The van der Waals surface area contributed by atoms with Gasteiger partial charge in [-0.25, -0.2) is 0 Å². The molecular formula is C13H18O2. The quantitative estimate of drug-likeness (QED) is 0.730. The molecule has 1 aromatic rings. The molecule has 0 atom stereocenters. The molecule has 0 amide bonds. The van der Waals surface area contributed by atoms with Crippen molar-refractivity contribution in [3.8, 4) is 11.5 Å². The fourth-order valence-corrected chi connectivity index (χ4v) is 1.58. The topological polar surface area (TPSA) is 40.5 Å². The summed E-state index contributed by atoms with van der Waals surface area (Å²) < 4.78 is 0. The highest BCUT2D eigenvalue weighted by Crippen LogP contribution is 2.37. The highest BCUT2D eigenvalue weighted by Gasteiger charge is 2.21. The van der Waals surface area contributed by atoms with Gasteiger partial charge in [0.15, 0.2) is 0 Å². The van der Waals surface area contributed by atoms with Crippen LogP contribution in [0.25, 0.3) is 0 Å². The van der Waals surface area contributed by atoms with Gasteiger partial charge in [-0.2, -0.15) is 0 Å². The highest BCUT2D eigenvalue weighted by atomic mass is 16.3. The van der Waals surface area contributed by atoms with Crippen molar-refractivity contribution < 1.29 is 10.2 Å². The standard InChI is InChI=1S/C13H18O2/c1-5-6-9-11(14)8-7-10(12(9)15)13(2,3)4/h5,7-8,14-15H,1,6H2,2-4H3. The number of allylic oxidation sites excluding steroid dienone is 1. The number of phenolic OH excluding ortho intramolecular Hbond substituents is 2. The maximum Gasteiger partial charge on any atom is 0.126 e. The van der Waals surface area contributed by atoms with Gasteiger partial charge in [0.25, 0.3) is 0 Å². The van der Waals surface area contributed by atoms with E-state index >= 15 is 0 Å². The summed E-state index contributed by atoms with van der Waals surface area (Å²) in [6.07, 6.45) is 2.14. The molecule has 15 heavy (non-hydrogen) atoms. The van der Waals surface area contributed by atoms with Crippen LogP contribution in [0, 0.1) is 0 Å². The Bertz CT molecular complexity index is 373. The van der Waals surface area contributed by atoms with Crippen molar-refractivity contribution in [2.75, 3.05) is 0 Å². The van der Waals surface area contributed by atoms with Gasteiger partial charge in [-0.1, -0.05) is 32.9 Å². The second kappa shape index (κ2) is 3.97. The first-order valence-electron chi connectivity index (χ1n) is 5.03. The number of aromatic hydroxyl groups is 2. The molecule has 0 aromatic heterocycles. The minimum absolute atomic E-state index is 0.125. The van der Waals surface area contributed by atoms with E-state index in [-0.39, 0.29) is 16.9 Å².